The molecule has 0 aliphatic heterocycles. The molecule has 1 aromatic heterocycles. The van der Waals surface area contributed by atoms with Crippen molar-refractivity contribution in [3.8, 4) is 5.95 Å². The van der Waals surface area contributed by atoms with E-state index in [0.717, 1.165) is 4.31 Å². The van der Waals surface area contributed by atoms with E-state index in [4.69, 9.17) is 9.15 Å². The first-order chi connectivity index (χ1) is 12.3. The van der Waals surface area contributed by atoms with Gasteiger partial charge < -0.3 is 9.15 Å². The fourth-order valence-electron chi connectivity index (χ4n) is 1.80. The van der Waals surface area contributed by atoms with Crippen molar-refractivity contribution in [1.29, 1.82) is 0 Å². The van der Waals surface area contributed by atoms with Gasteiger partial charge in [-0.3, -0.25) is 20.4 Å². The summed E-state index contributed by atoms with van der Waals surface area (Å²) in [6.45, 7) is 2.10. The summed E-state index contributed by atoms with van der Waals surface area (Å²) in [6.07, 6.45) is 1.24. The number of amides is 2. The van der Waals surface area contributed by atoms with Crippen LogP contribution in [0.2, 0.25) is 0 Å². The second-order valence-corrected chi connectivity index (χ2v) is 7.29. The van der Waals surface area contributed by atoms with Crippen LogP contribution in [0.15, 0.2) is 39.8 Å². The lowest BCUT2D eigenvalue weighted by Crippen LogP contribution is -2.41. The minimum absolute atomic E-state index is 0.0475. The minimum Gasteiger partial charge on any atom is -0.464 e. The Hall–Kier alpha value is -2.92. The van der Waals surface area contributed by atoms with Gasteiger partial charge >= 0.3 is 11.9 Å². The van der Waals surface area contributed by atoms with Crippen LogP contribution >= 0.6 is 0 Å². The third kappa shape index (κ3) is 4.37. The van der Waals surface area contributed by atoms with Crippen LogP contribution in [0.5, 0.6) is 5.95 Å². The molecule has 0 aliphatic carbocycles. The third-order valence-electron chi connectivity index (χ3n) is 3.15. The molecule has 10 nitrogen and oxygen atoms in total. The number of hydrazine groups is 1. The Morgan fingerprint density at radius 3 is 2.35 bits per heavy atom. The van der Waals surface area contributed by atoms with Crippen molar-refractivity contribution in [2.75, 3.05) is 20.7 Å². The van der Waals surface area contributed by atoms with E-state index in [1.54, 1.807) is 6.92 Å². The number of rotatable bonds is 6. The maximum atomic E-state index is 12.0. The number of benzene rings is 1. The van der Waals surface area contributed by atoms with Gasteiger partial charge in [0, 0.05) is 19.7 Å². The quantitative estimate of drug-likeness (QED) is 0.691. The molecule has 2 amide bonds. The lowest BCUT2D eigenvalue weighted by atomic mass is 10.2. The summed E-state index contributed by atoms with van der Waals surface area (Å²) in [4.78, 5) is 27.6. The van der Waals surface area contributed by atoms with E-state index in [-0.39, 0.29) is 22.3 Å². The molecule has 0 saturated heterocycles. The van der Waals surface area contributed by atoms with Crippen LogP contribution in [0.4, 0.5) is 0 Å². The average Bonchev–Trinajstić information content (AvgIpc) is 3.08. The number of carbonyl (C=O) groups is 2. The first-order valence-electron chi connectivity index (χ1n) is 7.47. The highest BCUT2D eigenvalue weighted by molar-refractivity contribution is 7.89. The van der Waals surface area contributed by atoms with Crippen molar-refractivity contribution >= 4 is 21.8 Å². The number of oxazole rings is 1. The third-order valence-corrected chi connectivity index (χ3v) is 4.98. The molecule has 11 heteroatoms. The van der Waals surface area contributed by atoms with Gasteiger partial charge in [-0.25, -0.2) is 17.7 Å². The number of hydrogen-bond acceptors (Lipinski definition) is 7. The van der Waals surface area contributed by atoms with Crippen LogP contribution < -0.4 is 15.6 Å². The Labute approximate surface area is 150 Å². The average molecular weight is 382 g/mol. The summed E-state index contributed by atoms with van der Waals surface area (Å²) in [5.41, 5.74) is 4.48. The molecule has 1 aromatic carbocycles. The van der Waals surface area contributed by atoms with E-state index < -0.39 is 21.8 Å². The Morgan fingerprint density at radius 1 is 1.15 bits per heavy atom. The zero-order valence-electron chi connectivity index (χ0n) is 14.3. The minimum atomic E-state index is -3.58. The summed E-state index contributed by atoms with van der Waals surface area (Å²) in [5.74, 6) is -1.59. The number of nitrogens with zero attached hydrogens (tertiary/aromatic N) is 2. The van der Waals surface area contributed by atoms with Crippen molar-refractivity contribution in [2.45, 2.75) is 11.8 Å². The molecule has 0 atom stereocenters. The molecule has 0 radical (unpaired) electrons. The number of hydrogen-bond donors (Lipinski definition) is 2. The maximum absolute atomic E-state index is 12.0. The van der Waals surface area contributed by atoms with Crippen LogP contribution in [0.3, 0.4) is 0 Å². The number of nitrogens with one attached hydrogen (secondary N) is 2. The van der Waals surface area contributed by atoms with Gasteiger partial charge in [-0.2, -0.15) is 0 Å². The smallest absolute Gasteiger partial charge is 0.325 e. The Kier molecular flexibility index (Phi) is 5.95. The SMILES string of the molecule is CCOc1cnc(C(=O)NNC(=O)c2ccc(S(=O)(=O)N(C)C)cc2)o1. The highest BCUT2D eigenvalue weighted by atomic mass is 32.2. The first-order valence-corrected chi connectivity index (χ1v) is 8.91. The number of aromatic nitrogens is 1. The first kappa shape index (κ1) is 19.4. The van der Waals surface area contributed by atoms with E-state index >= 15 is 0 Å². The molecule has 26 heavy (non-hydrogen) atoms. The molecular weight excluding hydrogens is 364 g/mol. The summed E-state index contributed by atoms with van der Waals surface area (Å²) in [7, 11) is -0.769. The monoisotopic (exact) mass is 382 g/mol. The largest absolute Gasteiger partial charge is 0.464 e. The van der Waals surface area contributed by atoms with Crippen LogP contribution in [0, 0.1) is 0 Å². The van der Waals surface area contributed by atoms with E-state index in [0.29, 0.717) is 6.61 Å². The number of carbonyl (C=O) groups excluding carboxylic acids is 2. The van der Waals surface area contributed by atoms with Gasteiger partial charge in [0.15, 0.2) is 0 Å². The number of sulfonamides is 1. The second kappa shape index (κ2) is 7.97. The van der Waals surface area contributed by atoms with Gasteiger partial charge in [0.1, 0.15) is 6.20 Å². The molecule has 0 fully saturated rings. The maximum Gasteiger partial charge on any atom is 0.325 e. The van der Waals surface area contributed by atoms with Crippen LogP contribution in [0.1, 0.15) is 28.0 Å². The summed E-state index contributed by atoms with van der Waals surface area (Å²) < 4.78 is 35.1. The molecule has 140 valence electrons. The molecule has 0 spiro atoms. The van der Waals surface area contributed by atoms with Crippen LogP contribution in [-0.2, 0) is 10.0 Å². The zero-order chi connectivity index (χ0) is 19.3. The fraction of sp³-hybridized carbons (Fsp3) is 0.267. The Balaban J connectivity index is 1.98. The van der Waals surface area contributed by atoms with Gasteiger partial charge in [-0.15, -0.1) is 0 Å². The summed E-state index contributed by atoms with van der Waals surface area (Å²) >= 11 is 0. The Bertz CT molecular complexity index is 889. The molecule has 2 N–H and O–H groups in total. The van der Waals surface area contributed by atoms with Gasteiger partial charge in [0.05, 0.1) is 11.5 Å². The second-order valence-electron chi connectivity index (χ2n) is 5.14. The van der Waals surface area contributed by atoms with Gasteiger partial charge in [0.2, 0.25) is 10.0 Å². The highest BCUT2D eigenvalue weighted by Crippen LogP contribution is 2.14. The lowest BCUT2D eigenvalue weighted by Gasteiger charge is -2.11. The van der Waals surface area contributed by atoms with E-state index in [9.17, 15) is 18.0 Å². The van der Waals surface area contributed by atoms with Crippen molar-refractivity contribution in [2.24, 2.45) is 0 Å². The standard InChI is InChI=1S/C15H18N4O6S/c1-4-24-12-9-16-15(25-12)14(21)18-17-13(20)10-5-7-11(8-6-10)26(22,23)19(2)3/h5-9H,4H2,1-3H3,(H,17,20)(H,18,21). The van der Waals surface area contributed by atoms with E-state index in [1.165, 1.54) is 44.6 Å². The van der Waals surface area contributed by atoms with E-state index in [2.05, 4.69) is 15.8 Å². The molecule has 0 bridgehead atoms. The van der Waals surface area contributed by atoms with Crippen LogP contribution in [0.25, 0.3) is 0 Å². The van der Waals surface area contributed by atoms with Gasteiger partial charge in [0.25, 0.3) is 11.8 Å². The lowest BCUT2D eigenvalue weighted by molar-refractivity contribution is 0.0822. The van der Waals surface area contributed by atoms with E-state index in [1.807, 2.05) is 0 Å². The van der Waals surface area contributed by atoms with Gasteiger partial charge in [-0.1, -0.05) is 0 Å². The highest BCUT2D eigenvalue weighted by Gasteiger charge is 2.18. The molecule has 1 heterocycles. The molecule has 2 rings (SSSR count). The topological polar surface area (TPSA) is 131 Å². The van der Waals surface area contributed by atoms with Crippen LogP contribution in [-0.4, -0.2) is 50.2 Å². The summed E-state index contributed by atoms with van der Waals surface area (Å²) in [6, 6.07) is 5.26. The fourth-order valence-corrected chi connectivity index (χ4v) is 2.70. The molecule has 0 saturated carbocycles. The van der Waals surface area contributed by atoms with Crippen molar-refractivity contribution in [1.82, 2.24) is 20.1 Å². The Morgan fingerprint density at radius 2 is 1.77 bits per heavy atom. The molecule has 2 aromatic rings. The normalized spacial score (nSPS) is 11.2. The molecule has 0 aliphatic rings. The molecule has 0 unspecified atom stereocenters. The summed E-state index contributed by atoms with van der Waals surface area (Å²) in [5, 5.41) is 0. The molecular formula is C15H18N4O6S. The zero-order valence-corrected chi connectivity index (χ0v) is 15.2. The number of ether oxygens (including phenoxy) is 1. The van der Waals surface area contributed by atoms with Crippen molar-refractivity contribution in [3.63, 3.8) is 0 Å². The predicted octanol–water partition coefficient (Wildman–Crippen LogP) is 0.398. The predicted molar refractivity (Wildman–Crippen MR) is 89.9 cm³/mol. The van der Waals surface area contributed by atoms with Gasteiger partial charge in [-0.05, 0) is 31.2 Å². The van der Waals surface area contributed by atoms with Crippen molar-refractivity contribution < 1.29 is 27.2 Å². The van der Waals surface area contributed by atoms with Crippen molar-refractivity contribution in [3.05, 3.63) is 41.9 Å².